The molecule has 74 valence electrons. The zero-order valence-corrected chi connectivity index (χ0v) is 8.78. The quantitative estimate of drug-likeness (QED) is 0.656. The molecule has 1 aromatic rings. The summed E-state index contributed by atoms with van der Waals surface area (Å²) in [5, 5.41) is 0. The van der Waals surface area contributed by atoms with Crippen LogP contribution in [0.25, 0.3) is 0 Å². The third kappa shape index (κ3) is 8.60. The Morgan fingerprint density at radius 3 is 1.85 bits per heavy atom. The molecule has 1 aromatic carbocycles. The maximum Gasteiger partial charge on any atom is 0.298 e. The van der Waals surface area contributed by atoms with E-state index in [2.05, 4.69) is 4.74 Å². The Bertz CT molecular complexity index is 183. The molecule has 2 heteroatoms. The van der Waals surface area contributed by atoms with Crippen LogP contribution in [0.2, 0.25) is 0 Å². The Balaban J connectivity index is 0. The number of ether oxygens (including phenoxy) is 1. The van der Waals surface area contributed by atoms with Crippen molar-refractivity contribution in [1.29, 1.82) is 0 Å². The Morgan fingerprint density at radius 2 is 1.46 bits per heavy atom. The van der Waals surface area contributed by atoms with Gasteiger partial charge in [-0.05, 0) is 12.1 Å². The number of para-hydroxylation sites is 1. The van der Waals surface area contributed by atoms with E-state index in [1.165, 1.54) is 0 Å². The van der Waals surface area contributed by atoms with E-state index < -0.39 is 0 Å². The Kier molecular flexibility index (Phi) is 14.5. The molecule has 0 saturated carbocycles. The second-order valence-corrected chi connectivity index (χ2v) is 1.53. The van der Waals surface area contributed by atoms with E-state index in [9.17, 15) is 4.79 Å². The molecule has 0 bridgehead atoms. The lowest BCUT2D eigenvalue weighted by Crippen LogP contribution is -1.85. The number of hydrogen-bond acceptors (Lipinski definition) is 2. The number of carbonyl (C=O) groups excluding carboxylic acids is 1. The summed E-state index contributed by atoms with van der Waals surface area (Å²) in [4.78, 5) is 9.75. The van der Waals surface area contributed by atoms with Gasteiger partial charge in [-0.2, -0.15) is 0 Å². The van der Waals surface area contributed by atoms with Crippen molar-refractivity contribution in [2.24, 2.45) is 0 Å². The lowest BCUT2D eigenvalue weighted by Gasteiger charge is -1.92. The van der Waals surface area contributed by atoms with Crippen LogP contribution in [0.3, 0.4) is 0 Å². The van der Waals surface area contributed by atoms with Crippen LogP contribution >= 0.6 is 0 Å². The van der Waals surface area contributed by atoms with E-state index in [1.807, 2.05) is 33.8 Å². The van der Waals surface area contributed by atoms with Crippen LogP contribution in [-0.4, -0.2) is 6.47 Å². The first-order chi connectivity index (χ1) is 6.43. The molecule has 1 rings (SSSR count). The van der Waals surface area contributed by atoms with E-state index in [0.29, 0.717) is 12.2 Å². The van der Waals surface area contributed by atoms with Crippen molar-refractivity contribution in [2.45, 2.75) is 27.7 Å². The normalized spacial score (nSPS) is 6.77. The molecule has 0 atom stereocenters. The van der Waals surface area contributed by atoms with Crippen molar-refractivity contribution >= 4 is 6.47 Å². The summed E-state index contributed by atoms with van der Waals surface area (Å²) in [7, 11) is 0. The summed E-state index contributed by atoms with van der Waals surface area (Å²) < 4.78 is 4.53. The van der Waals surface area contributed by atoms with Crippen molar-refractivity contribution in [3.05, 3.63) is 30.3 Å². The molecule has 0 heterocycles. The number of benzene rings is 1. The highest BCUT2D eigenvalue weighted by Gasteiger charge is 1.84. The lowest BCUT2D eigenvalue weighted by atomic mass is 10.3. The van der Waals surface area contributed by atoms with Crippen LogP contribution in [0, 0.1) is 0 Å². The van der Waals surface area contributed by atoms with Crippen molar-refractivity contribution in [3.63, 3.8) is 0 Å². The average molecular weight is 182 g/mol. The Morgan fingerprint density at radius 1 is 1.00 bits per heavy atom. The van der Waals surface area contributed by atoms with Gasteiger partial charge >= 0.3 is 0 Å². The Labute approximate surface area is 80.5 Å². The van der Waals surface area contributed by atoms with Crippen molar-refractivity contribution in [2.75, 3.05) is 0 Å². The summed E-state index contributed by atoms with van der Waals surface area (Å²) >= 11 is 0. The second kappa shape index (κ2) is 13.3. The average Bonchev–Trinajstić information content (AvgIpc) is 2.26. The molecule has 0 radical (unpaired) electrons. The first-order valence-corrected chi connectivity index (χ1v) is 4.59. The van der Waals surface area contributed by atoms with Gasteiger partial charge in [0, 0.05) is 0 Å². The topological polar surface area (TPSA) is 26.3 Å². The monoisotopic (exact) mass is 182 g/mol. The maximum absolute atomic E-state index is 9.75. The van der Waals surface area contributed by atoms with Gasteiger partial charge in [0.2, 0.25) is 0 Å². The molecule has 13 heavy (non-hydrogen) atoms. The third-order valence-corrected chi connectivity index (χ3v) is 0.927. The summed E-state index contributed by atoms with van der Waals surface area (Å²) in [6, 6.07) is 8.90. The molecular weight excluding hydrogens is 164 g/mol. The van der Waals surface area contributed by atoms with Gasteiger partial charge in [0.15, 0.2) is 0 Å². The third-order valence-electron chi connectivity index (χ3n) is 0.927. The highest BCUT2D eigenvalue weighted by Crippen LogP contribution is 2.05. The standard InChI is InChI=1S/C7H6O2.2C2H6/c8-6-9-7-4-2-1-3-5-7;2*1-2/h1-6H;2*1-2H3. The zero-order valence-electron chi connectivity index (χ0n) is 8.78. The first-order valence-electron chi connectivity index (χ1n) is 4.59. The van der Waals surface area contributed by atoms with Gasteiger partial charge < -0.3 is 4.74 Å². The van der Waals surface area contributed by atoms with E-state index in [4.69, 9.17) is 0 Å². The number of hydrogen-bond donors (Lipinski definition) is 0. The van der Waals surface area contributed by atoms with Gasteiger partial charge in [-0.15, -0.1) is 0 Å². The minimum absolute atomic E-state index is 0.412. The fraction of sp³-hybridized carbons (Fsp3) is 0.364. The highest BCUT2D eigenvalue weighted by atomic mass is 16.5. The van der Waals surface area contributed by atoms with E-state index in [0.717, 1.165) is 0 Å². The molecule has 0 N–H and O–H groups in total. The largest absolute Gasteiger partial charge is 0.429 e. The summed E-state index contributed by atoms with van der Waals surface area (Å²) in [6.07, 6.45) is 0. The van der Waals surface area contributed by atoms with Gasteiger partial charge in [0.05, 0.1) is 0 Å². The van der Waals surface area contributed by atoms with Gasteiger partial charge in [-0.25, -0.2) is 0 Å². The smallest absolute Gasteiger partial charge is 0.298 e. The minimum Gasteiger partial charge on any atom is -0.429 e. The van der Waals surface area contributed by atoms with Gasteiger partial charge in [0.1, 0.15) is 5.75 Å². The maximum atomic E-state index is 9.75. The lowest BCUT2D eigenvalue weighted by molar-refractivity contribution is -0.120. The Hall–Kier alpha value is -1.31. The summed E-state index contributed by atoms with van der Waals surface area (Å²) in [6.45, 7) is 8.41. The van der Waals surface area contributed by atoms with Crippen LogP contribution in [0.15, 0.2) is 30.3 Å². The van der Waals surface area contributed by atoms with Crippen LogP contribution in [-0.2, 0) is 4.79 Å². The second-order valence-electron chi connectivity index (χ2n) is 1.53. The van der Waals surface area contributed by atoms with E-state index >= 15 is 0 Å². The summed E-state index contributed by atoms with van der Waals surface area (Å²) in [5.74, 6) is 0.576. The zero-order chi connectivity index (χ0) is 10.5. The molecule has 2 nitrogen and oxygen atoms in total. The van der Waals surface area contributed by atoms with Crippen molar-refractivity contribution in [3.8, 4) is 5.75 Å². The molecule has 0 unspecified atom stereocenters. The summed E-state index contributed by atoms with van der Waals surface area (Å²) in [5.41, 5.74) is 0. The number of carbonyl (C=O) groups is 1. The van der Waals surface area contributed by atoms with Crippen LogP contribution in [0.5, 0.6) is 5.75 Å². The highest BCUT2D eigenvalue weighted by molar-refractivity contribution is 5.44. The fourth-order valence-corrected chi connectivity index (χ4v) is 0.555. The molecule has 0 saturated heterocycles. The van der Waals surface area contributed by atoms with Crippen molar-refractivity contribution in [1.82, 2.24) is 0 Å². The van der Waals surface area contributed by atoms with Crippen LogP contribution < -0.4 is 4.74 Å². The first kappa shape index (κ1) is 14.2. The minimum atomic E-state index is 0.412. The molecule has 0 aromatic heterocycles. The fourth-order valence-electron chi connectivity index (χ4n) is 0.555. The molecule has 0 aliphatic carbocycles. The van der Waals surface area contributed by atoms with Gasteiger partial charge in [-0.3, -0.25) is 4.79 Å². The molecule has 0 aliphatic heterocycles. The SMILES string of the molecule is CC.CC.O=COc1ccccc1. The van der Waals surface area contributed by atoms with Gasteiger partial charge in [0.25, 0.3) is 6.47 Å². The van der Waals surface area contributed by atoms with E-state index in [1.54, 1.807) is 24.3 Å². The van der Waals surface area contributed by atoms with Crippen LogP contribution in [0.4, 0.5) is 0 Å². The molecule has 0 aliphatic rings. The molecular formula is C11H18O2. The number of rotatable bonds is 2. The predicted octanol–water partition coefficient (Wildman–Crippen LogP) is 3.27. The van der Waals surface area contributed by atoms with Gasteiger partial charge in [-0.1, -0.05) is 45.9 Å². The molecule has 0 spiro atoms. The van der Waals surface area contributed by atoms with E-state index in [-0.39, 0.29) is 0 Å². The molecule has 0 amide bonds. The van der Waals surface area contributed by atoms with Crippen LogP contribution in [0.1, 0.15) is 27.7 Å². The predicted molar refractivity (Wildman–Crippen MR) is 55.8 cm³/mol. The molecule has 0 fully saturated rings. The van der Waals surface area contributed by atoms with Crippen molar-refractivity contribution < 1.29 is 9.53 Å².